The van der Waals surface area contributed by atoms with Crippen LogP contribution in [0.5, 0.6) is 0 Å². The van der Waals surface area contributed by atoms with Crippen molar-refractivity contribution in [1.29, 1.82) is 0 Å². The van der Waals surface area contributed by atoms with Crippen molar-refractivity contribution in [3.05, 3.63) is 24.2 Å². The molecule has 1 N–H and O–H groups in total. The average molecular weight is 245 g/mol. The third-order valence-corrected chi connectivity index (χ3v) is 2.92. The average Bonchev–Trinajstić information content (AvgIpc) is 2.82. The Morgan fingerprint density at radius 1 is 1.50 bits per heavy atom. The molecule has 2 rings (SSSR count). The Morgan fingerprint density at radius 3 is 2.69 bits per heavy atom. The van der Waals surface area contributed by atoms with E-state index in [0.29, 0.717) is 11.8 Å². The van der Waals surface area contributed by atoms with Gasteiger partial charge < -0.3 is 14.6 Å². The molecule has 1 saturated heterocycles. The summed E-state index contributed by atoms with van der Waals surface area (Å²) in [6.07, 6.45) is 3.57. The highest BCUT2D eigenvalue weighted by Crippen LogP contribution is 2.13. The standard InChI is InChI=1S/C11H16N2O2.ClH/c1-12-9-4-6-13(7-5-9)11(14)10-3-2-8-15-10;/h2-3,8-9,12H,4-7H2,1H3;1H. The van der Waals surface area contributed by atoms with Gasteiger partial charge in [-0.15, -0.1) is 12.4 Å². The molecule has 16 heavy (non-hydrogen) atoms. The molecule has 1 aliphatic heterocycles. The number of hydrogen-bond donors (Lipinski definition) is 1. The predicted octanol–water partition coefficient (Wildman–Crippen LogP) is 1.53. The van der Waals surface area contributed by atoms with E-state index >= 15 is 0 Å². The fourth-order valence-corrected chi connectivity index (χ4v) is 1.93. The van der Waals surface area contributed by atoms with Gasteiger partial charge in [-0.25, -0.2) is 0 Å². The molecule has 0 saturated carbocycles. The lowest BCUT2D eigenvalue weighted by Crippen LogP contribution is -2.43. The summed E-state index contributed by atoms with van der Waals surface area (Å²) in [6.45, 7) is 1.62. The minimum Gasteiger partial charge on any atom is -0.459 e. The zero-order valence-corrected chi connectivity index (χ0v) is 10.1. The summed E-state index contributed by atoms with van der Waals surface area (Å²) in [6, 6.07) is 4.01. The molecule has 0 spiro atoms. The molecule has 0 radical (unpaired) electrons. The topological polar surface area (TPSA) is 45.5 Å². The third-order valence-electron chi connectivity index (χ3n) is 2.92. The highest BCUT2D eigenvalue weighted by Gasteiger charge is 2.23. The number of amides is 1. The van der Waals surface area contributed by atoms with E-state index in [1.807, 2.05) is 11.9 Å². The summed E-state index contributed by atoms with van der Waals surface area (Å²) in [5, 5.41) is 3.24. The van der Waals surface area contributed by atoms with E-state index in [9.17, 15) is 4.79 Å². The first-order valence-corrected chi connectivity index (χ1v) is 5.31. The summed E-state index contributed by atoms with van der Waals surface area (Å²) in [7, 11) is 1.97. The maximum Gasteiger partial charge on any atom is 0.289 e. The molecule has 1 aliphatic rings. The Bertz CT molecular complexity index is 319. The maximum absolute atomic E-state index is 11.9. The van der Waals surface area contributed by atoms with Crippen molar-refractivity contribution in [3.8, 4) is 0 Å². The van der Waals surface area contributed by atoms with Gasteiger partial charge in [0.2, 0.25) is 0 Å². The highest BCUT2D eigenvalue weighted by molar-refractivity contribution is 5.91. The molecule has 0 aliphatic carbocycles. The zero-order valence-electron chi connectivity index (χ0n) is 9.31. The van der Waals surface area contributed by atoms with Crippen LogP contribution in [0.15, 0.2) is 22.8 Å². The Kier molecular flexibility index (Phi) is 4.83. The number of hydrogen-bond acceptors (Lipinski definition) is 3. The first-order chi connectivity index (χ1) is 7.31. The van der Waals surface area contributed by atoms with Gasteiger partial charge in [0.05, 0.1) is 6.26 Å². The van der Waals surface area contributed by atoms with Crippen molar-refractivity contribution in [2.75, 3.05) is 20.1 Å². The van der Waals surface area contributed by atoms with Gasteiger partial charge in [0, 0.05) is 19.1 Å². The van der Waals surface area contributed by atoms with Crippen molar-refractivity contribution in [2.24, 2.45) is 0 Å². The highest BCUT2D eigenvalue weighted by atomic mass is 35.5. The Hall–Kier alpha value is -1.00. The van der Waals surface area contributed by atoms with Crippen LogP contribution in [0.3, 0.4) is 0 Å². The van der Waals surface area contributed by atoms with Gasteiger partial charge in [0.25, 0.3) is 5.91 Å². The van der Waals surface area contributed by atoms with E-state index < -0.39 is 0 Å². The number of likely N-dealkylation sites (tertiary alicyclic amines) is 1. The molecule has 0 unspecified atom stereocenters. The van der Waals surface area contributed by atoms with Crippen molar-refractivity contribution in [2.45, 2.75) is 18.9 Å². The molecule has 0 atom stereocenters. The van der Waals surface area contributed by atoms with Crippen LogP contribution in [0.25, 0.3) is 0 Å². The van der Waals surface area contributed by atoms with Gasteiger partial charge in [0.15, 0.2) is 5.76 Å². The second kappa shape index (κ2) is 5.92. The minimum absolute atomic E-state index is 0. The molecular weight excluding hydrogens is 228 g/mol. The lowest BCUT2D eigenvalue weighted by molar-refractivity contribution is 0.0675. The van der Waals surface area contributed by atoms with Crippen molar-refractivity contribution in [3.63, 3.8) is 0 Å². The normalized spacial score (nSPS) is 16.9. The summed E-state index contributed by atoms with van der Waals surface area (Å²) in [5.74, 6) is 0.451. The Labute approximate surface area is 101 Å². The lowest BCUT2D eigenvalue weighted by Gasteiger charge is -2.31. The first-order valence-electron chi connectivity index (χ1n) is 5.31. The van der Waals surface area contributed by atoms with Crippen LogP contribution in [0, 0.1) is 0 Å². The van der Waals surface area contributed by atoms with Gasteiger partial charge in [-0.2, -0.15) is 0 Å². The molecule has 2 heterocycles. The number of carbonyl (C=O) groups is 1. The van der Waals surface area contributed by atoms with Crippen molar-refractivity contribution < 1.29 is 9.21 Å². The van der Waals surface area contributed by atoms with Gasteiger partial charge >= 0.3 is 0 Å². The van der Waals surface area contributed by atoms with E-state index in [0.717, 1.165) is 25.9 Å². The Morgan fingerprint density at radius 2 is 2.19 bits per heavy atom. The number of nitrogens with one attached hydrogen (secondary N) is 1. The van der Waals surface area contributed by atoms with Crippen LogP contribution in [0.2, 0.25) is 0 Å². The third kappa shape index (κ3) is 2.77. The molecule has 90 valence electrons. The number of piperidine rings is 1. The summed E-state index contributed by atoms with van der Waals surface area (Å²) in [4.78, 5) is 13.7. The van der Waals surface area contributed by atoms with E-state index in [1.165, 1.54) is 6.26 Å². The van der Waals surface area contributed by atoms with E-state index in [1.54, 1.807) is 12.1 Å². The second-order valence-corrected chi connectivity index (χ2v) is 3.83. The molecule has 0 aromatic carbocycles. The van der Waals surface area contributed by atoms with E-state index in [-0.39, 0.29) is 18.3 Å². The SMILES string of the molecule is CNC1CCN(C(=O)c2ccco2)CC1.Cl. The predicted molar refractivity (Wildman–Crippen MR) is 63.9 cm³/mol. The number of carbonyl (C=O) groups excluding carboxylic acids is 1. The molecule has 0 bridgehead atoms. The molecule has 4 nitrogen and oxygen atoms in total. The fourth-order valence-electron chi connectivity index (χ4n) is 1.93. The lowest BCUT2D eigenvalue weighted by atomic mass is 10.1. The zero-order chi connectivity index (χ0) is 10.7. The summed E-state index contributed by atoms with van der Waals surface area (Å²) >= 11 is 0. The van der Waals surface area contributed by atoms with Crippen LogP contribution in [0.4, 0.5) is 0 Å². The number of nitrogens with zero attached hydrogens (tertiary/aromatic N) is 1. The summed E-state index contributed by atoms with van der Waals surface area (Å²) < 4.78 is 5.09. The van der Waals surface area contributed by atoms with Crippen LogP contribution in [0.1, 0.15) is 23.4 Å². The van der Waals surface area contributed by atoms with Crippen LogP contribution >= 0.6 is 12.4 Å². The quantitative estimate of drug-likeness (QED) is 0.858. The minimum atomic E-state index is 0. The van der Waals surface area contributed by atoms with Gasteiger partial charge in [0.1, 0.15) is 0 Å². The monoisotopic (exact) mass is 244 g/mol. The van der Waals surface area contributed by atoms with Gasteiger partial charge in [-0.1, -0.05) is 0 Å². The molecule has 1 aromatic heterocycles. The van der Waals surface area contributed by atoms with Crippen molar-refractivity contribution >= 4 is 18.3 Å². The largest absolute Gasteiger partial charge is 0.459 e. The van der Waals surface area contributed by atoms with E-state index in [2.05, 4.69) is 5.32 Å². The van der Waals surface area contributed by atoms with Gasteiger partial charge in [-0.05, 0) is 32.0 Å². The molecular formula is C11H17ClN2O2. The van der Waals surface area contributed by atoms with Crippen molar-refractivity contribution in [1.82, 2.24) is 10.2 Å². The van der Waals surface area contributed by atoms with Crippen LogP contribution < -0.4 is 5.32 Å². The fraction of sp³-hybridized carbons (Fsp3) is 0.545. The van der Waals surface area contributed by atoms with Gasteiger partial charge in [-0.3, -0.25) is 4.79 Å². The molecule has 1 fully saturated rings. The van der Waals surface area contributed by atoms with Crippen LogP contribution in [-0.4, -0.2) is 37.0 Å². The van der Waals surface area contributed by atoms with Crippen LogP contribution in [-0.2, 0) is 0 Å². The molecule has 1 aromatic rings. The number of rotatable bonds is 2. The first kappa shape index (κ1) is 13.1. The molecule has 1 amide bonds. The molecule has 5 heteroatoms. The number of furan rings is 1. The maximum atomic E-state index is 11.9. The second-order valence-electron chi connectivity index (χ2n) is 3.83. The number of halogens is 1. The Balaban J connectivity index is 0.00000128. The summed E-state index contributed by atoms with van der Waals surface area (Å²) in [5.41, 5.74) is 0. The van der Waals surface area contributed by atoms with E-state index in [4.69, 9.17) is 4.42 Å². The smallest absolute Gasteiger partial charge is 0.289 e.